The number of pyridine rings is 1. The summed E-state index contributed by atoms with van der Waals surface area (Å²) in [5.41, 5.74) is 0.949. The Morgan fingerprint density at radius 2 is 1.51 bits per heavy atom. The largest absolute Gasteiger partial charge is 0.401 e. The average Bonchev–Trinajstić information content (AvgIpc) is 2.86. The van der Waals surface area contributed by atoms with E-state index in [0.29, 0.717) is 24.5 Å². The summed E-state index contributed by atoms with van der Waals surface area (Å²) in [7, 11) is -2.87. The van der Waals surface area contributed by atoms with Gasteiger partial charge in [0.1, 0.15) is 10.7 Å². The van der Waals surface area contributed by atoms with E-state index in [-0.39, 0.29) is 34.6 Å². The highest BCUT2D eigenvalue weighted by molar-refractivity contribution is 6.99. The molecule has 1 fully saturated rings. The Bertz CT molecular complexity index is 1160. The first kappa shape index (κ1) is 27.7. The standard InChI is InChI=1S/C29H36ClFN2O3Si/c1-20-16-33(17-21(2)36-20)28-25(32-24(18-34)27(31)26(28)30)19-35-37(29(3,4)5,22-12-8-6-9-13-22)23-14-10-7-11-15-23/h6-15,20-21,34H,16-19H2,1-5H3/t20-,21+. The minimum Gasteiger partial charge on any atom is -0.401 e. The van der Waals surface area contributed by atoms with E-state index in [1.165, 1.54) is 0 Å². The summed E-state index contributed by atoms with van der Waals surface area (Å²) < 4.78 is 28.1. The number of aliphatic hydroxyl groups is 1. The first-order valence-electron chi connectivity index (χ1n) is 12.7. The third kappa shape index (κ3) is 5.47. The van der Waals surface area contributed by atoms with Gasteiger partial charge in [0, 0.05) is 13.1 Å². The lowest BCUT2D eigenvalue weighted by Crippen LogP contribution is -2.66. The average molecular weight is 543 g/mol. The Labute approximate surface area is 225 Å². The van der Waals surface area contributed by atoms with E-state index in [0.717, 1.165) is 10.4 Å². The third-order valence-corrected chi connectivity index (χ3v) is 12.3. The van der Waals surface area contributed by atoms with E-state index in [2.05, 4.69) is 50.0 Å². The second-order valence-electron chi connectivity index (χ2n) is 10.8. The van der Waals surface area contributed by atoms with E-state index in [9.17, 15) is 5.11 Å². The minimum atomic E-state index is -2.87. The maximum atomic E-state index is 15.1. The monoisotopic (exact) mass is 542 g/mol. The van der Waals surface area contributed by atoms with Gasteiger partial charge in [0.25, 0.3) is 8.32 Å². The Kier molecular flexibility index (Phi) is 8.40. The van der Waals surface area contributed by atoms with Crippen molar-refractivity contribution in [1.29, 1.82) is 0 Å². The summed E-state index contributed by atoms with van der Waals surface area (Å²) >= 11 is 6.63. The van der Waals surface area contributed by atoms with Gasteiger partial charge in [-0.15, -0.1) is 0 Å². The Balaban J connectivity index is 1.86. The van der Waals surface area contributed by atoms with Crippen LogP contribution in [-0.2, 0) is 22.4 Å². The molecule has 1 N–H and O–H groups in total. The molecule has 198 valence electrons. The fourth-order valence-corrected chi connectivity index (χ4v) is 10.3. The summed E-state index contributed by atoms with van der Waals surface area (Å²) in [4.78, 5) is 6.58. The normalized spacial score (nSPS) is 18.8. The molecular formula is C29H36ClFN2O3Si. The van der Waals surface area contributed by atoms with Gasteiger partial charge in [0.15, 0.2) is 5.82 Å². The van der Waals surface area contributed by atoms with Crippen LogP contribution in [0.2, 0.25) is 10.1 Å². The van der Waals surface area contributed by atoms with Crippen LogP contribution in [-0.4, -0.2) is 43.7 Å². The molecule has 1 aliphatic rings. The fraction of sp³-hybridized carbons (Fsp3) is 0.414. The topological polar surface area (TPSA) is 54.8 Å². The molecule has 5 nitrogen and oxygen atoms in total. The lowest BCUT2D eigenvalue weighted by atomic mass is 10.1. The second kappa shape index (κ2) is 11.2. The van der Waals surface area contributed by atoms with Gasteiger partial charge in [-0.05, 0) is 29.3 Å². The molecule has 1 aromatic heterocycles. The van der Waals surface area contributed by atoms with Crippen molar-refractivity contribution >= 4 is 36.0 Å². The van der Waals surface area contributed by atoms with Crippen LogP contribution < -0.4 is 15.3 Å². The summed E-state index contributed by atoms with van der Waals surface area (Å²) in [6, 6.07) is 20.7. The number of morpholine rings is 1. The number of aromatic nitrogens is 1. The molecule has 0 saturated carbocycles. The summed E-state index contributed by atoms with van der Waals surface area (Å²) in [5, 5.41) is 11.8. The Hall–Kier alpha value is -2.29. The van der Waals surface area contributed by atoms with Crippen molar-refractivity contribution in [2.45, 2.75) is 65.1 Å². The summed E-state index contributed by atoms with van der Waals surface area (Å²) in [5.74, 6) is -0.694. The molecule has 0 bridgehead atoms. The molecule has 2 atom stereocenters. The van der Waals surface area contributed by atoms with E-state index in [1.807, 2.05) is 55.1 Å². The van der Waals surface area contributed by atoms with Crippen molar-refractivity contribution in [3.8, 4) is 0 Å². The molecule has 2 aromatic carbocycles. The molecule has 8 heteroatoms. The molecule has 1 aliphatic heterocycles. The zero-order valence-electron chi connectivity index (χ0n) is 22.2. The van der Waals surface area contributed by atoms with Crippen molar-refractivity contribution in [1.82, 2.24) is 4.98 Å². The van der Waals surface area contributed by atoms with Crippen LogP contribution in [0.4, 0.5) is 10.1 Å². The van der Waals surface area contributed by atoms with Gasteiger partial charge in [0.2, 0.25) is 0 Å². The van der Waals surface area contributed by atoms with Crippen LogP contribution in [0, 0.1) is 5.82 Å². The van der Waals surface area contributed by atoms with Crippen molar-refractivity contribution in [2.24, 2.45) is 0 Å². The maximum absolute atomic E-state index is 15.1. The first-order chi connectivity index (χ1) is 17.6. The zero-order chi connectivity index (χ0) is 26.8. The van der Waals surface area contributed by atoms with Gasteiger partial charge in [-0.25, -0.2) is 9.37 Å². The van der Waals surface area contributed by atoms with E-state index in [4.69, 9.17) is 20.8 Å². The lowest BCUT2D eigenvalue weighted by molar-refractivity contribution is -0.00535. The van der Waals surface area contributed by atoms with Gasteiger partial charge in [0.05, 0.1) is 36.8 Å². The highest BCUT2D eigenvalue weighted by Crippen LogP contribution is 2.39. The quantitative estimate of drug-likeness (QED) is 0.423. The molecule has 0 radical (unpaired) electrons. The number of aliphatic hydroxyl groups excluding tert-OH is 1. The summed E-state index contributed by atoms with van der Waals surface area (Å²) in [6.45, 7) is 11.3. The number of ether oxygens (including phenoxy) is 1. The molecule has 37 heavy (non-hydrogen) atoms. The third-order valence-electron chi connectivity index (χ3n) is 6.93. The van der Waals surface area contributed by atoms with Crippen molar-refractivity contribution < 1.29 is 18.7 Å². The summed E-state index contributed by atoms with van der Waals surface area (Å²) in [6.07, 6.45) is -0.100. The van der Waals surface area contributed by atoms with Crippen LogP contribution >= 0.6 is 11.6 Å². The molecule has 3 aromatic rings. The molecule has 2 heterocycles. The number of halogens is 2. The van der Waals surface area contributed by atoms with Crippen molar-refractivity contribution in [3.05, 3.63) is 82.9 Å². The number of rotatable bonds is 7. The molecule has 0 aliphatic carbocycles. The molecule has 0 amide bonds. The Morgan fingerprint density at radius 3 is 1.97 bits per heavy atom. The predicted octanol–water partition coefficient (Wildman–Crippen LogP) is 5.06. The highest BCUT2D eigenvalue weighted by Gasteiger charge is 2.50. The molecular weight excluding hydrogens is 507 g/mol. The fourth-order valence-electron chi connectivity index (χ4n) is 5.45. The second-order valence-corrected chi connectivity index (χ2v) is 15.4. The van der Waals surface area contributed by atoms with Crippen LogP contribution in [0.15, 0.2) is 60.7 Å². The van der Waals surface area contributed by atoms with Crippen molar-refractivity contribution in [2.75, 3.05) is 18.0 Å². The van der Waals surface area contributed by atoms with Gasteiger partial charge in [-0.3, -0.25) is 0 Å². The maximum Gasteiger partial charge on any atom is 0.261 e. The number of benzene rings is 2. The molecule has 4 rings (SSSR count). The number of hydrogen-bond donors (Lipinski definition) is 1. The number of nitrogens with zero attached hydrogens (tertiary/aromatic N) is 2. The van der Waals surface area contributed by atoms with Crippen LogP contribution in [0.1, 0.15) is 46.0 Å². The van der Waals surface area contributed by atoms with Crippen LogP contribution in [0.3, 0.4) is 0 Å². The minimum absolute atomic E-state index is 0.0404. The molecule has 0 spiro atoms. The van der Waals surface area contributed by atoms with E-state index in [1.54, 1.807) is 0 Å². The van der Waals surface area contributed by atoms with Gasteiger partial charge in [-0.1, -0.05) is 93.0 Å². The predicted molar refractivity (Wildman–Crippen MR) is 150 cm³/mol. The first-order valence-corrected chi connectivity index (χ1v) is 15.0. The SMILES string of the molecule is C[C@@H]1CN(c2c(CO[Si](c3ccccc3)(c3ccccc3)C(C)(C)C)nc(CO)c(F)c2Cl)C[C@H](C)O1. The zero-order valence-corrected chi connectivity index (χ0v) is 23.9. The number of anilines is 1. The van der Waals surface area contributed by atoms with E-state index < -0.39 is 20.7 Å². The van der Waals surface area contributed by atoms with Gasteiger partial charge in [-0.2, -0.15) is 0 Å². The van der Waals surface area contributed by atoms with Crippen LogP contribution in [0.5, 0.6) is 0 Å². The van der Waals surface area contributed by atoms with Crippen molar-refractivity contribution in [3.63, 3.8) is 0 Å². The highest BCUT2D eigenvalue weighted by atomic mass is 35.5. The van der Waals surface area contributed by atoms with E-state index >= 15 is 4.39 Å². The number of hydrogen-bond acceptors (Lipinski definition) is 5. The molecule has 1 saturated heterocycles. The Morgan fingerprint density at radius 1 is 1.00 bits per heavy atom. The molecule has 0 unspecified atom stereocenters. The lowest BCUT2D eigenvalue weighted by Gasteiger charge is -2.43. The van der Waals surface area contributed by atoms with Gasteiger partial charge >= 0.3 is 0 Å². The van der Waals surface area contributed by atoms with Crippen LogP contribution in [0.25, 0.3) is 0 Å². The van der Waals surface area contributed by atoms with Gasteiger partial charge < -0.3 is 19.2 Å². The smallest absolute Gasteiger partial charge is 0.261 e.